The minimum Gasteiger partial charge on any atom is -0.481 e. The average molecular weight is 242 g/mol. The molecule has 0 aliphatic heterocycles. The molecule has 2 atom stereocenters. The maximum Gasteiger partial charge on any atom is 0.307 e. The summed E-state index contributed by atoms with van der Waals surface area (Å²) < 4.78 is 0. The highest BCUT2D eigenvalue weighted by Gasteiger charge is 2.21. The highest BCUT2D eigenvalue weighted by molar-refractivity contribution is 5.70. The molecule has 0 spiro atoms. The van der Waals surface area contributed by atoms with Crippen LogP contribution < -0.4 is 5.32 Å². The topological polar surface area (TPSA) is 52.6 Å². The van der Waals surface area contributed by atoms with Gasteiger partial charge < -0.3 is 15.3 Å². The van der Waals surface area contributed by atoms with Crippen molar-refractivity contribution in [1.82, 2.24) is 10.2 Å². The fourth-order valence-corrected chi connectivity index (χ4v) is 2.39. The van der Waals surface area contributed by atoms with Crippen LogP contribution in [0.25, 0.3) is 0 Å². The lowest BCUT2D eigenvalue weighted by Gasteiger charge is -2.25. The molecule has 4 heteroatoms. The van der Waals surface area contributed by atoms with Crippen LogP contribution in [0.1, 0.15) is 39.5 Å². The zero-order valence-electron chi connectivity index (χ0n) is 11.3. The number of carboxylic acid groups (broad SMARTS) is 1. The second kappa shape index (κ2) is 6.97. The molecule has 2 N–H and O–H groups in total. The van der Waals surface area contributed by atoms with Crippen molar-refractivity contribution in [3.8, 4) is 0 Å². The Morgan fingerprint density at radius 2 is 2.00 bits per heavy atom. The van der Waals surface area contributed by atoms with Crippen LogP contribution in [0.15, 0.2) is 0 Å². The molecule has 0 saturated heterocycles. The normalized spacial score (nSPS) is 20.7. The molecular formula is C13H26N2O2. The average Bonchev–Trinajstić information content (AvgIpc) is 2.80. The molecule has 1 aliphatic carbocycles. The van der Waals surface area contributed by atoms with Crippen molar-refractivity contribution in [3.05, 3.63) is 0 Å². The molecule has 0 amide bonds. The second-order valence-electron chi connectivity index (χ2n) is 5.29. The molecular weight excluding hydrogens is 216 g/mol. The molecule has 1 fully saturated rings. The van der Waals surface area contributed by atoms with Gasteiger partial charge in [0.25, 0.3) is 0 Å². The van der Waals surface area contributed by atoms with Crippen LogP contribution in [0, 0.1) is 5.92 Å². The summed E-state index contributed by atoms with van der Waals surface area (Å²) in [4.78, 5) is 13.2. The Bertz CT molecular complexity index is 240. The number of nitrogens with one attached hydrogen (secondary N) is 1. The van der Waals surface area contributed by atoms with E-state index in [4.69, 9.17) is 5.11 Å². The smallest absolute Gasteiger partial charge is 0.307 e. The van der Waals surface area contributed by atoms with Crippen molar-refractivity contribution in [2.24, 2.45) is 5.92 Å². The monoisotopic (exact) mass is 242 g/mol. The molecule has 0 aromatic rings. The summed E-state index contributed by atoms with van der Waals surface area (Å²) in [6, 6.07) is 0.772. The van der Waals surface area contributed by atoms with Crippen LogP contribution >= 0.6 is 0 Å². The van der Waals surface area contributed by atoms with Crippen LogP contribution in [0.2, 0.25) is 0 Å². The number of carbonyl (C=O) groups is 1. The summed E-state index contributed by atoms with van der Waals surface area (Å²) in [6.07, 6.45) is 5.35. The van der Waals surface area contributed by atoms with E-state index < -0.39 is 5.97 Å². The molecule has 2 unspecified atom stereocenters. The zero-order valence-corrected chi connectivity index (χ0v) is 11.3. The standard InChI is InChI=1S/C13H26N2O2/c1-10(13(16)17)11(2)14-8-9-15(3)12-6-4-5-7-12/h10-12,14H,4-9H2,1-3H3,(H,16,17). The first-order chi connectivity index (χ1) is 8.02. The van der Waals surface area contributed by atoms with E-state index in [0.29, 0.717) is 0 Å². The molecule has 0 aromatic heterocycles. The molecule has 0 radical (unpaired) electrons. The Labute approximate surface area is 104 Å². The predicted molar refractivity (Wildman–Crippen MR) is 69.2 cm³/mol. The second-order valence-corrected chi connectivity index (χ2v) is 5.29. The summed E-state index contributed by atoms with van der Waals surface area (Å²) in [7, 11) is 2.17. The first-order valence-corrected chi connectivity index (χ1v) is 6.68. The lowest BCUT2D eigenvalue weighted by Crippen LogP contribution is -2.41. The van der Waals surface area contributed by atoms with Crippen molar-refractivity contribution in [1.29, 1.82) is 0 Å². The van der Waals surface area contributed by atoms with Crippen LogP contribution in [0.3, 0.4) is 0 Å². The van der Waals surface area contributed by atoms with Crippen molar-refractivity contribution < 1.29 is 9.90 Å². The quantitative estimate of drug-likeness (QED) is 0.711. The van der Waals surface area contributed by atoms with Gasteiger partial charge in [-0.3, -0.25) is 4.79 Å². The third kappa shape index (κ3) is 4.64. The van der Waals surface area contributed by atoms with E-state index in [1.165, 1.54) is 25.7 Å². The molecule has 4 nitrogen and oxygen atoms in total. The molecule has 1 aliphatic rings. The molecule has 1 saturated carbocycles. The molecule has 0 heterocycles. The van der Waals surface area contributed by atoms with E-state index in [0.717, 1.165) is 19.1 Å². The van der Waals surface area contributed by atoms with Crippen LogP contribution in [0.4, 0.5) is 0 Å². The third-order valence-electron chi connectivity index (χ3n) is 4.02. The van der Waals surface area contributed by atoms with E-state index in [2.05, 4.69) is 17.3 Å². The summed E-state index contributed by atoms with van der Waals surface area (Å²) in [5, 5.41) is 12.2. The van der Waals surface area contributed by atoms with Crippen molar-refractivity contribution in [2.75, 3.05) is 20.1 Å². The Balaban J connectivity index is 2.16. The zero-order chi connectivity index (χ0) is 12.8. The number of likely N-dealkylation sites (N-methyl/N-ethyl adjacent to an activating group) is 1. The van der Waals surface area contributed by atoms with E-state index in [-0.39, 0.29) is 12.0 Å². The lowest BCUT2D eigenvalue weighted by atomic mass is 10.0. The largest absolute Gasteiger partial charge is 0.481 e. The Morgan fingerprint density at radius 1 is 1.41 bits per heavy atom. The van der Waals surface area contributed by atoms with Crippen LogP contribution in [-0.2, 0) is 4.79 Å². The number of carboxylic acids is 1. The maximum atomic E-state index is 10.8. The molecule has 17 heavy (non-hydrogen) atoms. The first kappa shape index (κ1) is 14.5. The molecule has 0 aromatic carbocycles. The SMILES string of the molecule is CC(NCCN(C)C1CCCC1)C(C)C(=O)O. The summed E-state index contributed by atoms with van der Waals surface area (Å²) in [6.45, 7) is 5.56. The Hall–Kier alpha value is -0.610. The van der Waals surface area contributed by atoms with Gasteiger partial charge in [-0.1, -0.05) is 19.8 Å². The number of aliphatic carboxylic acids is 1. The van der Waals surface area contributed by atoms with Gasteiger partial charge in [0, 0.05) is 25.2 Å². The maximum absolute atomic E-state index is 10.8. The molecule has 100 valence electrons. The van der Waals surface area contributed by atoms with Crippen molar-refractivity contribution in [3.63, 3.8) is 0 Å². The Kier molecular flexibility index (Phi) is 5.92. The molecule has 1 rings (SSSR count). The number of nitrogens with zero attached hydrogens (tertiary/aromatic N) is 1. The lowest BCUT2D eigenvalue weighted by molar-refractivity contribution is -0.141. The van der Waals surface area contributed by atoms with Crippen molar-refractivity contribution in [2.45, 2.75) is 51.6 Å². The van der Waals surface area contributed by atoms with Gasteiger partial charge in [-0.25, -0.2) is 0 Å². The van der Waals surface area contributed by atoms with Gasteiger partial charge in [0.05, 0.1) is 5.92 Å². The van der Waals surface area contributed by atoms with Gasteiger partial charge in [0.2, 0.25) is 0 Å². The minimum absolute atomic E-state index is 0.0319. The first-order valence-electron chi connectivity index (χ1n) is 6.68. The highest BCUT2D eigenvalue weighted by atomic mass is 16.4. The predicted octanol–water partition coefficient (Wildman–Crippen LogP) is 1.56. The van der Waals surface area contributed by atoms with E-state index in [1.54, 1.807) is 6.92 Å². The fraction of sp³-hybridized carbons (Fsp3) is 0.923. The summed E-state index contributed by atoms with van der Waals surface area (Å²) in [5.74, 6) is -1.05. The van der Waals surface area contributed by atoms with E-state index in [1.807, 2.05) is 6.92 Å². The fourth-order valence-electron chi connectivity index (χ4n) is 2.39. The molecule has 0 bridgehead atoms. The number of hydrogen-bond donors (Lipinski definition) is 2. The third-order valence-corrected chi connectivity index (χ3v) is 4.02. The number of rotatable bonds is 7. The van der Waals surface area contributed by atoms with E-state index >= 15 is 0 Å². The number of hydrogen-bond acceptors (Lipinski definition) is 3. The van der Waals surface area contributed by atoms with Gasteiger partial charge in [-0.15, -0.1) is 0 Å². The van der Waals surface area contributed by atoms with Gasteiger partial charge in [0.1, 0.15) is 0 Å². The van der Waals surface area contributed by atoms with Gasteiger partial charge in [0.15, 0.2) is 0 Å². The van der Waals surface area contributed by atoms with E-state index in [9.17, 15) is 4.79 Å². The Morgan fingerprint density at radius 3 is 2.53 bits per heavy atom. The van der Waals surface area contributed by atoms with Gasteiger partial charge in [-0.2, -0.15) is 0 Å². The highest BCUT2D eigenvalue weighted by Crippen LogP contribution is 2.21. The van der Waals surface area contributed by atoms with Crippen molar-refractivity contribution >= 4 is 5.97 Å². The summed E-state index contributed by atoms with van der Waals surface area (Å²) >= 11 is 0. The minimum atomic E-state index is -0.728. The van der Waals surface area contributed by atoms with Crippen LogP contribution in [0.5, 0.6) is 0 Å². The summed E-state index contributed by atoms with van der Waals surface area (Å²) in [5.41, 5.74) is 0. The van der Waals surface area contributed by atoms with Gasteiger partial charge >= 0.3 is 5.97 Å². The van der Waals surface area contributed by atoms with Crippen LogP contribution in [-0.4, -0.2) is 48.2 Å². The van der Waals surface area contributed by atoms with Gasteiger partial charge in [-0.05, 0) is 26.8 Å².